The van der Waals surface area contributed by atoms with Crippen LogP contribution in [0.5, 0.6) is 5.75 Å². The Bertz CT molecular complexity index is 607. The Hall–Kier alpha value is -1.87. The van der Waals surface area contributed by atoms with Gasteiger partial charge in [0.15, 0.2) is 0 Å². The second kappa shape index (κ2) is 4.35. The van der Waals surface area contributed by atoms with Crippen molar-refractivity contribution in [1.29, 1.82) is 0 Å². The van der Waals surface area contributed by atoms with Gasteiger partial charge in [-0.3, -0.25) is 0 Å². The molecule has 2 aromatic carbocycles. The van der Waals surface area contributed by atoms with Crippen LogP contribution in [0.2, 0.25) is 0 Å². The van der Waals surface area contributed by atoms with Crippen LogP contribution in [-0.4, -0.2) is 12.2 Å². The van der Waals surface area contributed by atoms with Crippen LogP contribution in [0.3, 0.4) is 0 Å². The topological polar surface area (TPSA) is 29.5 Å². The zero-order valence-corrected chi connectivity index (χ0v) is 10.7. The molecular weight excluding hydrogens is 243 g/mol. The third-order valence-corrected chi connectivity index (χ3v) is 3.84. The maximum atomic E-state index is 13.0. The van der Waals surface area contributed by atoms with Gasteiger partial charge in [-0.2, -0.15) is 0 Å². The maximum absolute atomic E-state index is 13.0. The molecule has 0 radical (unpaired) electrons. The normalized spacial score (nSPS) is 21.2. The summed E-state index contributed by atoms with van der Waals surface area (Å²) < 4.78 is 18.2. The molecule has 0 aliphatic heterocycles. The molecule has 2 aromatic rings. The zero-order valence-electron chi connectivity index (χ0n) is 10.7. The van der Waals surface area contributed by atoms with Crippen molar-refractivity contribution in [3.63, 3.8) is 0 Å². The van der Waals surface area contributed by atoms with E-state index in [9.17, 15) is 9.50 Å². The van der Waals surface area contributed by atoms with Crippen LogP contribution in [0.25, 0.3) is 0 Å². The van der Waals surface area contributed by atoms with Gasteiger partial charge in [0.25, 0.3) is 0 Å². The Kier molecular flexibility index (Phi) is 2.79. The second-order valence-electron chi connectivity index (χ2n) is 4.89. The van der Waals surface area contributed by atoms with Gasteiger partial charge in [0.2, 0.25) is 0 Å². The highest BCUT2D eigenvalue weighted by Gasteiger charge is 2.38. The summed E-state index contributed by atoms with van der Waals surface area (Å²) in [5.41, 5.74) is 1.66. The first-order valence-corrected chi connectivity index (χ1v) is 6.29. The average molecular weight is 258 g/mol. The third kappa shape index (κ3) is 1.90. The molecule has 1 aliphatic carbocycles. The first kappa shape index (κ1) is 12.2. The molecule has 1 unspecified atom stereocenters. The Labute approximate surface area is 111 Å². The monoisotopic (exact) mass is 258 g/mol. The molecular formula is C16H15FO2. The SMILES string of the molecule is COc1ccc2c(c1)C(O)(c1ccc(F)cc1)CC2. The van der Waals surface area contributed by atoms with Gasteiger partial charge < -0.3 is 9.84 Å². The summed E-state index contributed by atoms with van der Waals surface area (Å²) in [4.78, 5) is 0. The van der Waals surface area contributed by atoms with E-state index >= 15 is 0 Å². The number of aliphatic hydroxyl groups is 1. The number of halogens is 1. The van der Waals surface area contributed by atoms with Crippen LogP contribution in [-0.2, 0) is 12.0 Å². The van der Waals surface area contributed by atoms with Crippen molar-refractivity contribution in [2.24, 2.45) is 0 Å². The molecule has 0 spiro atoms. The molecule has 0 heterocycles. The summed E-state index contributed by atoms with van der Waals surface area (Å²) in [6, 6.07) is 11.8. The molecule has 19 heavy (non-hydrogen) atoms. The molecule has 1 aliphatic rings. The molecule has 2 nitrogen and oxygen atoms in total. The smallest absolute Gasteiger partial charge is 0.123 e. The molecule has 1 atom stereocenters. The summed E-state index contributed by atoms with van der Waals surface area (Å²) in [5, 5.41) is 10.9. The molecule has 0 fully saturated rings. The molecule has 0 saturated carbocycles. The molecule has 0 aromatic heterocycles. The highest BCUT2D eigenvalue weighted by Crippen LogP contribution is 2.43. The summed E-state index contributed by atoms with van der Waals surface area (Å²) in [5.74, 6) is 0.428. The van der Waals surface area contributed by atoms with Crippen LogP contribution in [0.1, 0.15) is 23.1 Å². The van der Waals surface area contributed by atoms with E-state index in [-0.39, 0.29) is 5.82 Å². The van der Waals surface area contributed by atoms with E-state index in [2.05, 4.69) is 0 Å². The number of fused-ring (bicyclic) bond motifs is 1. The summed E-state index contributed by atoms with van der Waals surface area (Å²) in [7, 11) is 1.60. The van der Waals surface area contributed by atoms with Crippen molar-refractivity contribution in [2.45, 2.75) is 18.4 Å². The number of rotatable bonds is 2. The summed E-state index contributed by atoms with van der Waals surface area (Å²) >= 11 is 0. The lowest BCUT2D eigenvalue weighted by molar-refractivity contribution is 0.0826. The van der Waals surface area contributed by atoms with Gasteiger partial charge >= 0.3 is 0 Å². The minimum absolute atomic E-state index is 0.295. The Balaban J connectivity index is 2.11. The van der Waals surface area contributed by atoms with Gasteiger partial charge in [-0.1, -0.05) is 18.2 Å². The van der Waals surface area contributed by atoms with Gasteiger partial charge in [0.1, 0.15) is 17.2 Å². The molecule has 3 heteroatoms. The average Bonchev–Trinajstić information content (AvgIpc) is 2.78. The van der Waals surface area contributed by atoms with Crippen LogP contribution < -0.4 is 4.74 Å². The first-order chi connectivity index (χ1) is 9.13. The molecule has 3 rings (SSSR count). The van der Waals surface area contributed by atoms with Crippen molar-refractivity contribution in [3.05, 3.63) is 65.0 Å². The quantitative estimate of drug-likeness (QED) is 0.897. The lowest BCUT2D eigenvalue weighted by atomic mass is 9.88. The fraction of sp³-hybridized carbons (Fsp3) is 0.250. The molecule has 0 bridgehead atoms. The van der Waals surface area contributed by atoms with Crippen LogP contribution in [0.4, 0.5) is 4.39 Å². The van der Waals surface area contributed by atoms with Crippen molar-refractivity contribution >= 4 is 0 Å². The zero-order chi connectivity index (χ0) is 13.5. The number of aryl methyl sites for hydroxylation is 1. The minimum atomic E-state index is -1.04. The number of hydrogen-bond donors (Lipinski definition) is 1. The van der Waals surface area contributed by atoms with Crippen LogP contribution in [0.15, 0.2) is 42.5 Å². The number of ether oxygens (including phenoxy) is 1. The largest absolute Gasteiger partial charge is 0.497 e. The lowest BCUT2D eigenvalue weighted by Crippen LogP contribution is -2.23. The predicted octanol–water partition coefficient (Wildman–Crippen LogP) is 3.02. The summed E-state index contributed by atoms with van der Waals surface area (Å²) in [6.45, 7) is 0. The van der Waals surface area contributed by atoms with Gasteiger partial charge in [0.05, 0.1) is 7.11 Å². The van der Waals surface area contributed by atoms with E-state index in [1.54, 1.807) is 19.2 Å². The number of methoxy groups -OCH3 is 1. The van der Waals surface area contributed by atoms with Crippen LogP contribution >= 0.6 is 0 Å². The molecule has 1 N–H and O–H groups in total. The van der Waals surface area contributed by atoms with Crippen molar-refractivity contribution in [3.8, 4) is 5.75 Å². The Morgan fingerprint density at radius 2 is 1.89 bits per heavy atom. The maximum Gasteiger partial charge on any atom is 0.123 e. The van der Waals surface area contributed by atoms with E-state index in [4.69, 9.17) is 4.74 Å². The van der Waals surface area contributed by atoms with Crippen molar-refractivity contribution in [1.82, 2.24) is 0 Å². The fourth-order valence-corrected chi connectivity index (χ4v) is 2.76. The van der Waals surface area contributed by atoms with E-state index in [1.165, 1.54) is 12.1 Å². The predicted molar refractivity (Wildman–Crippen MR) is 70.7 cm³/mol. The highest BCUT2D eigenvalue weighted by atomic mass is 19.1. The minimum Gasteiger partial charge on any atom is -0.497 e. The Morgan fingerprint density at radius 1 is 1.16 bits per heavy atom. The van der Waals surface area contributed by atoms with Crippen LogP contribution in [0, 0.1) is 5.82 Å². The fourth-order valence-electron chi connectivity index (χ4n) is 2.76. The number of hydrogen-bond acceptors (Lipinski definition) is 2. The van der Waals surface area contributed by atoms with Gasteiger partial charge in [-0.25, -0.2) is 4.39 Å². The number of benzene rings is 2. The van der Waals surface area contributed by atoms with E-state index in [0.717, 1.165) is 28.9 Å². The van der Waals surface area contributed by atoms with Gasteiger partial charge in [-0.15, -0.1) is 0 Å². The Morgan fingerprint density at radius 3 is 2.58 bits per heavy atom. The molecule has 0 amide bonds. The van der Waals surface area contributed by atoms with E-state index < -0.39 is 5.60 Å². The second-order valence-corrected chi connectivity index (χ2v) is 4.89. The van der Waals surface area contributed by atoms with E-state index in [0.29, 0.717) is 6.42 Å². The molecule has 0 saturated heterocycles. The van der Waals surface area contributed by atoms with Crippen molar-refractivity contribution < 1.29 is 14.2 Å². The first-order valence-electron chi connectivity index (χ1n) is 6.29. The van der Waals surface area contributed by atoms with Crippen molar-refractivity contribution in [2.75, 3.05) is 7.11 Å². The summed E-state index contributed by atoms with van der Waals surface area (Å²) in [6.07, 6.45) is 1.42. The third-order valence-electron chi connectivity index (χ3n) is 3.84. The highest BCUT2D eigenvalue weighted by molar-refractivity contribution is 5.48. The van der Waals surface area contributed by atoms with Gasteiger partial charge in [0, 0.05) is 0 Å². The van der Waals surface area contributed by atoms with E-state index in [1.807, 2.05) is 18.2 Å². The lowest BCUT2D eigenvalue weighted by Gasteiger charge is -2.25. The molecule has 98 valence electrons. The van der Waals surface area contributed by atoms with Gasteiger partial charge in [-0.05, 0) is 53.8 Å². The standard InChI is InChI=1S/C16H15FO2/c1-19-14-7-2-11-8-9-16(18,15(11)10-14)12-3-5-13(17)6-4-12/h2-7,10,18H,8-9H2,1H3.